The molecule has 1 aliphatic carbocycles. The second-order valence-electron chi connectivity index (χ2n) is 3.19. The van der Waals surface area contributed by atoms with Crippen LogP contribution in [0.15, 0.2) is 23.3 Å². The predicted molar refractivity (Wildman–Crippen MR) is 57.3 cm³/mol. The van der Waals surface area contributed by atoms with E-state index in [9.17, 15) is 0 Å². The Morgan fingerprint density at radius 3 is 2.00 bits per heavy atom. The van der Waals surface area contributed by atoms with Gasteiger partial charge in [0.1, 0.15) is 0 Å². The SMILES string of the molecule is C=C(C)CC1=C(CC)CC1.CC. The number of hydrogen-bond donors (Lipinski definition) is 0. The van der Waals surface area contributed by atoms with Crippen molar-refractivity contribution >= 4 is 0 Å². The van der Waals surface area contributed by atoms with E-state index < -0.39 is 0 Å². The fourth-order valence-electron chi connectivity index (χ4n) is 1.48. The minimum atomic E-state index is 1.16. The monoisotopic (exact) mass is 166 g/mol. The maximum absolute atomic E-state index is 3.91. The number of allylic oxidation sites excluding steroid dienone is 3. The van der Waals surface area contributed by atoms with Crippen molar-refractivity contribution in [3.63, 3.8) is 0 Å². The zero-order valence-electron chi connectivity index (χ0n) is 9.04. The van der Waals surface area contributed by atoms with E-state index in [4.69, 9.17) is 0 Å². The number of hydrogen-bond acceptors (Lipinski definition) is 0. The number of rotatable bonds is 3. The molecule has 0 radical (unpaired) electrons. The summed E-state index contributed by atoms with van der Waals surface area (Å²) in [6.45, 7) is 12.3. The van der Waals surface area contributed by atoms with E-state index in [-0.39, 0.29) is 0 Å². The van der Waals surface area contributed by atoms with Crippen LogP contribution < -0.4 is 0 Å². The van der Waals surface area contributed by atoms with Crippen molar-refractivity contribution in [1.29, 1.82) is 0 Å². The molecule has 1 rings (SSSR count). The first-order valence-electron chi connectivity index (χ1n) is 5.08. The highest BCUT2D eigenvalue weighted by molar-refractivity contribution is 5.27. The zero-order chi connectivity index (χ0) is 9.56. The Balaban J connectivity index is 0.000000561. The third-order valence-electron chi connectivity index (χ3n) is 2.17. The maximum atomic E-state index is 3.91. The molecule has 0 aromatic rings. The van der Waals surface area contributed by atoms with Crippen molar-refractivity contribution in [2.75, 3.05) is 0 Å². The quantitative estimate of drug-likeness (QED) is 0.542. The van der Waals surface area contributed by atoms with Crippen LogP contribution in [-0.2, 0) is 0 Å². The molecule has 0 saturated heterocycles. The highest BCUT2D eigenvalue weighted by atomic mass is 14.2. The van der Waals surface area contributed by atoms with Gasteiger partial charge in [0, 0.05) is 0 Å². The Morgan fingerprint density at radius 1 is 1.25 bits per heavy atom. The van der Waals surface area contributed by atoms with Crippen LogP contribution >= 0.6 is 0 Å². The van der Waals surface area contributed by atoms with Crippen molar-refractivity contribution in [2.24, 2.45) is 0 Å². The van der Waals surface area contributed by atoms with Crippen LogP contribution in [0.1, 0.15) is 53.4 Å². The first kappa shape index (κ1) is 11.5. The van der Waals surface area contributed by atoms with E-state index in [0.29, 0.717) is 0 Å². The van der Waals surface area contributed by atoms with Crippen molar-refractivity contribution < 1.29 is 0 Å². The second kappa shape index (κ2) is 6.05. The lowest BCUT2D eigenvalue weighted by molar-refractivity contribution is 0.725. The van der Waals surface area contributed by atoms with Crippen LogP contribution in [-0.4, -0.2) is 0 Å². The predicted octanol–water partition coefficient (Wildman–Crippen LogP) is 4.48. The molecule has 0 N–H and O–H groups in total. The molecule has 0 unspecified atom stereocenters. The lowest BCUT2D eigenvalue weighted by Crippen LogP contribution is -2.03. The van der Waals surface area contributed by atoms with Gasteiger partial charge in [-0.3, -0.25) is 0 Å². The van der Waals surface area contributed by atoms with Gasteiger partial charge in [-0.2, -0.15) is 0 Å². The molecular weight excluding hydrogens is 144 g/mol. The summed E-state index contributed by atoms with van der Waals surface area (Å²) in [5.74, 6) is 0. The van der Waals surface area contributed by atoms with Gasteiger partial charge in [-0.1, -0.05) is 44.1 Å². The molecule has 0 spiro atoms. The normalized spacial score (nSPS) is 14.7. The van der Waals surface area contributed by atoms with Gasteiger partial charge in [-0.15, -0.1) is 0 Å². The van der Waals surface area contributed by atoms with Gasteiger partial charge in [-0.25, -0.2) is 0 Å². The molecule has 70 valence electrons. The summed E-state index contributed by atoms with van der Waals surface area (Å²) in [4.78, 5) is 0. The van der Waals surface area contributed by atoms with E-state index in [1.165, 1.54) is 24.8 Å². The summed E-state index contributed by atoms with van der Waals surface area (Å²) >= 11 is 0. The summed E-state index contributed by atoms with van der Waals surface area (Å²) in [6, 6.07) is 0. The van der Waals surface area contributed by atoms with Gasteiger partial charge in [0.05, 0.1) is 0 Å². The molecule has 12 heavy (non-hydrogen) atoms. The third-order valence-corrected chi connectivity index (χ3v) is 2.17. The fraction of sp³-hybridized carbons (Fsp3) is 0.667. The van der Waals surface area contributed by atoms with E-state index in [0.717, 1.165) is 6.42 Å². The first-order valence-corrected chi connectivity index (χ1v) is 5.08. The Labute approximate surface area is 77.4 Å². The van der Waals surface area contributed by atoms with Crippen molar-refractivity contribution in [2.45, 2.75) is 53.4 Å². The lowest BCUT2D eigenvalue weighted by atomic mass is 9.83. The summed E-state index contributed by atoms with van der Waals surface area (Å²) in [6.07, 6.45) is 5.08. The highest BCUT2D eigenvalue weighted by Gasteiger charge is 2.14. The summed E-state index contributed by atoms with van der Waals surface area (Å²) in [5.41, 5.74) is 4.65. The van der Waals surface area contributed by atoms with Gasteiger partial charge in [0.15, 0.2) is 0 Å². The molecule has 0 nitrogen and oxygen atoms in total. The third kappa shape index (κ3) is 3.25. The Hall–Kier alpha value is -0.520. The molecule has 0 aromatic heterocycles. The smallest absolute Gasteiger partial charge is 0.0111 e. The van der Waals surface area contributed by atoms with Gasteiger partial charge in [0.2, 0.25) is 0 Å². The van der Waals surface area contributed by atoms with Crippen molar-refractivity contribution in [3.05, 3.63) is 23.3 Å². The largest absolute Gasteiger partial charge is 0.0998 e. The van der Waals surface area contributed by atoms with Gasteiger partial charge >= 0.3 is 0 Å². The average molecular weight is 166 g/mol. The van der Waals surface area contributed by atoms with Gasteiger partial charge < -0.3 is 0 Å². The molecule has 0 aliphatic heterocycles. The van der Waals surface area contributed by atoms with Crippen LogP contribution in [0.3, 0.4) is 0 Å². The molecule has 0 aromatic carbocycles. The molecule has 0 heterocycles. The molecular formula is C12H22. The Kier molecular flexibility index (Phi) is 5.79. The van der Waals surface area contributed by atoms with Crippen LogP contribution in [0, 0.1) is 0 Å². The van der Waals surface area contributed by atoms with Crippen molar-refractivity contribution in [3.8, 4) is 0 Å². The second-order valence-corrected chi connectivity index (χ2v) is 3.19. The van der Waals surface area contributed by atoms with E-state index in [2.05, 4.69) is 20.4 Å². The zero-order valence-corrected chi connectivity index (χ0v) is 9.04. The van der Waals surface area contributed by atoms with Gasteiger partial charge in [-0.05, 0) is 32.6 Å². The standard InChI is InChI=1S/C10H16.C2H6/c1-4-9-5-6-10(9)7-8(2)3;1-2/h2,4-7H2,1,3H3;1-2H3. The summed E-state index contributed by atoms with van der Waals surface area (Å²) in [5, 5.41) is 0. The van der Waals surface area contributed by atoms with Crippen LogP contribution in [0.2, 0.25) is 0 Å². The fourth-order valence-corrected chi connectivity index (χ4v) is 1.48. The molecule has 1 aliphatic rings. The van der Waals surface area contributed by atoms with Crippen molar-refractivity contribution in [1.82, 2.24) is 0 Å². The molecule has 0 heteroatoms. The molecule has 0 fully saturated rings. The molecule has 0 amide bonds. The van der Waals surface area contributed by atoms with Crippen LogP contribution in [0.4, 0.5) is 0 Å². The van der Waals surface area contributed by atoms with E-state index >= 15 is 0 Å². The molecule has 0 atom stereocenters. The highest BCUT2D eigenvalue weighted by Crippen LogP contribution is 2.33. The summed E-state index contributed by atoms with van der Waals surface area (Å²) < 4.78 is 0. The van der Waals surface area contributed by atoms with Gasteiger partial charge in [0.25, 0.3) is 0 Å². The average Bonchev–Trinajstić information content (AvgIpc) is 2.03. The molecule has 0 saturated carbocycles. The van der Waals surface area contributed by atoms with E-state index in [1.807, 2.05) is 13.8 Å². The minimum Gasteiger partial charge on any atom is -0.0998 e. The Morgan fingerprint density at radius 2 is 1.75 bits per heavy atom. The topological polar surface area (TPSA) is 0 Å². The first-order chi connectivity index (χ1) is 5.74. The summed E-state index contributed by atoms with van der Waals surface area (Å²) in [7, 11) is 0. The Bertz CT molecular complexity index is 172. The van der Waals surface area contributed by atoms with Crippen LogP contribution in [0.25, 0.3) is 0 Å². The lowest BCUT2D eigenvalue weighted by Gasteiger charge is -2.23. The van der Waals surface area contributed by atoms with E-state index in [1.54, 1.807) is 11.1 Å². The maximum Gasteiger partial charge on any atom is -0.0111 e. The minimum absolute atomic E-state index is 1.16. The molecule has 0 bridgehead atoms. The van der Waals surface area contributed by atoms with Crippen LogP contribution in [0.5, 0.6) is 0 Å².